The minimum absolute atomic E-state index is 0.685. The fraction of sp³-hybridized carbons (Fsp3) is 0.176. The van der Waals surface area contributed by atoms with Crippen LogP contribution < -0.4 is 15.4 Å². The average molecular weight is 442 g/mol. The van der Waals surface area contributed by atoms with Crippen LogP contribution in [0, 0.1) is 11.6 Å². The molecule has 0 bridgehead atoms. The molecular weight excluding hydrogens is 432 g/mol. The van der Waals surface area contributed by atoms with Crippen molar-refractivity contribution in [3.05, 3.63) is 59.7 Å². The van der Waals surface area contributed by atoms with Gasteiger partial charge in [-0.25, -0.2) is 18.0 Å². The van der Waals surface area contributed by atoms with Gasteiger partial charge in [0.1, 0.15) is 22.9 Å². The van der Waals surface area contributed by atoms with Crippen molar-refractivity contribution in [2.75, 3.05) is 5.32 Å². The Kier molecular flexibility index (Phi) is 6.53. The van der Waals surface area contributed by atoms with Crippen LogP contribution in [0.2, 0.25) is 0 Å². The van der Waals surface area contributed by atoms with E-state index in [-0.39, 0.29) is 0 Å². The molecule has 2 aromatic rings. The second-order valence-corrected chi connectivity index (χ2v) is 5.57. The molecule has 0 heterocycles. The number of alkyl halides is 6. The summed E-state index contributed by atoms with van der Waals surface area (Å²) in [6, 6.07) is 4.64. The molecule has 0 aliphatic carbocycles. The van der Waals surface area contributed by atoms with Crippen LogP contribution in [0.25, 0.3) is 0 Å². The highest BCUT2D eigenvalue weighted by Gasteiger charge is 2.59. The molecule has 2 N–H and O–H groups in total. The maximum Gasteiger partial charge on any atom is 0.439 e. The van der Waals surface area contributed by atoms with Crippen LogP contribution in [0.3, 0.4) is 0 Å². The Labute approximate surface area is 162 Å². The molecule has 3 amide bonds. The first-order valence-electron chi connectivity index (χ1n) is 7.76. The lowest BCUT2D eigenvalue weighted by Gasteiger charge is -2.24. The van der Waals surface area contributed by atoms with Crippen molar-refractivity contribution in [2.45, 2.75) is 18.5 Å². The smallest absolute Gasteiger partial charge is 0.428 e. The van der Waals surface area contributed by atoms with Crippen molar-refractivity contribution in [3.63, 3.8) is 0 Å². The molecule has 162 valence electrons. The number of halogens is 8. The van der Waals surface area contributed by atoms with E-state index in [2.05, 4.69) is 4.74 Å². The molecule has 0 radical (unpaired) electrons. The lowest BCUT2D eigenvalue weighted by Crippen LogP contribution is -2.45. The quantitative estimate of drug-likeness (QED) is 0.654. The van der Waals surface area contributed by atoms with Gasteiger partial charge < -0.3 is 10.1 Å². The maximum absolute atomic E-state index is 13.5. The van der Waals surface area contributed by atoms with Crippen molar-refractivity contribution in [3.8, 4) is 5.75 Å². The molecule has 5 nitrogen and oxygen atoms in total. The van der Waals surface area contributed by atoms with Crippen molar-refractivity contribution >= 4 is 17.6 Å². The van der Waals surface area contributed by atoms with Gasteiger partial charge in [-0.05, 0) is 24.3 Å². The molecule has 2 rings (SSSR count). The third-order valence-electron chi connectivity index (χ3n) is 3.38. The molecule has 30 heavy (non-hydrogen) atoms. The largest absolute Gasteiger partial charge is 0.439 e. The molecule has 0 aromatic heterocycles. The summed E-state index contributed by atoms with van der Waals surface area (Å²) in [5.41, 5.74) is -1.81. The van der Waals surface area contributed by atoms with E-state index in [1.54, 1.807) is 5.32 Å². The Bertz CT molecular complexity index is 929. The number of ether oxygens (including phenoxy) is 1. The number of imide groups is 1. The number of amides is 3. The van der Waals surface area contributed by atoms with Crippen molar-refractivity contribution in [1.29, 1.82) is 0 Å². The number of urea groups is 1. The normalized spacial score (nSPS) is 12.8. The van der Waals surface area contributed by atoms with Crippen LogP contribution in [-0.2, 0) is 0 Å². The highest BCUT2D eigenvalue weighted by Crippen LogP contribution is 2.38. The number of carbonyl (C=O) groups excluding carboxylic acids is 2. The van der Waals surface area contributed by atoms with Crippen LogP contribution in [0.1, 0.15) is 10.4 Å². The predicted molar refractivity (Wildman–Crippen MR) is 85.8 cm³/mol. The maximum atomic E-state index is 13.5. The second kappa shape index (κ2) is 8.55. The van der Waals surface area contributed by atoms with E-state index in [9.17, 15) is 44.7 Å². The minimum atomic E-state index is -5.93. The first-order chi connectivity index (χ1) is 13.8. The SMILES string of the molecule is O=C(NC(=O)c1c(F)cccc1F)Nc1ccccc1OC(F)(F)[C@H](F)C(F)(F)F. The van der Waals surface area contributed by atoms with E-state index in [1.165, 1.54) is 5.32 Å². The summed E-state index contributed by atoms with van der Waals surface area (Å²) in [4.78, 5) is 23.7. The molecule has 2 aromatic carbocycles. The van der Waals surface area contributed by atoms with Crippen molar-refractivity contribution in [1.82, 2.24) is 5.32 Å². The Morgan fingerprint density at radius 2 is 1.47 bits per heavy atom. The van der Waals surface area contributed by atoms with Gasteiger partial charge in [0.2, 0.25) is 0 Å². The number of benzene rings is 2. The summed E-state index contributed by atoms with van der Waals surface area (Å²) in [5, 5.41) is 3.27. The van der Waals surface area contributed by atoms with Crippen LogP contribution in [0.4, 0.5) is 45.6 Å². The Morgan fingerprint density at radius 3 is 2.03 bits per heavy atom. The van der Waals surface area contributed by atoms with Crippen molar-refractivity contribution < 1.29 is 49.4 Å². The van der Waals surface area contributed by atoms with Gasteiger partial charge in [0.25, 0.3) is 12.1 Å². The highest BCUT2D eigenvalue weighted by atomic mass is 19.4. The highest BCUT2D eigenvalue weighted by molar-refractivity contribution is 6.08. The molecule has 1 atom stereocenters. The van der Waals surface area contributed by atoms with Gasteiger partial charge in [-0.2, -0.15) is 22.0 Å². The van der Waals surface area contributed by atoms with Crippen molar-refractivity contribution in [2.24, 2.45) is 0 Å². The summed E-state index contributed by atoms with van der Waals surface area (Å²) < 4.78 is 107. The van der Waals surface area contributed by atoms with Gasteiger partial charge in [-0.15, -0.1) is 0 Å². The van der Waals surface area contributed by atoms with E-state index in [1.807, 2.05) is 0 Å². The van der Waals surface area contributed by atoms with Gasteiger partial charge in [0.05, 0.1) is 5.69 Å². The van der Waals surface area contributed by atoms with E-state index >= 15 is 0 Å². The zero-order chi connectivity index (χ0) is 22.7. The number of rotatable bonds is 5. The molecule has 13 heteroatoms. The number of anilines is 1. The number of nitrogens with one attached hydrogen (secondary N) is 2. The van der Waals surface area contributed by atoms with E-state index in [0.717, 1.165) is 36.4 Å². The lowest BCUT2D eigenvalue weighted by molar-refractivity contribution is -0.304. The lowest BCUT2D eigenvalue weighted by atomic mass is 10.2. The summed E-state index contributed by atoms with van der Waals surface area (Å²) in [6.45, 7) is 0. The monoisotopic (exact) mass is 442 g/mol. The zero-order valence-electron chi connectivity index (χ0n) is 14.4. The number of para-hydroxylation sites is 2. The van der Waals surface area contributed by atoms with E-state index < -0.39 is 59.0 Å². The molecule has 0 saturated carbocycles. The average Bonchev–Trinajstić information content (AvgIpc) is 2.61. The van der Waals surface area contributed by atoms with E-state index in [4.69, 9.17) is 0 Å². The van der Waals surface area contributed by atoms with Gasteiger partial charge in [0, 0.05) is 0 Å². The van der Waals surface area contributed by atoms with Crippen LogP contribution in [-0.4, -0.2) is 30.4 Å². The summed E-state index contributed by atoms with van der Waals surface area (Å²) in [6.07, 6.45) is -15.9. The Balaban J connectivity index is 2.16. The number of hydrogen-bond acceptors (Lipinski definition) is 3. The van der Waals surface area contributed by atoms with Gasteiger partial charge in [-0.3, -0.25) is 10.1 Å². The van der Waals surface area contributed by atoms with Crippen LogP contribution in [0.5, 0.6) is 5.75 Å². The predicted octanol–water partition coefficient (Wildman–Crippen LogP) is 4.80. The summed E-state index contributed by atoms with van der Waals surface area (Å²) >= 11 is 0. The number of hydrogen-bond donors (Lipinski definition) is 2. The molecule has 0 unspecified atom stereocenters. The molecule has 0 aliphatic rings. The first kappa shape index (κ1) is 22.9. The zero-order valence-corrected chi connectivity index (χ0v) is 14.4. The topological polar surface area (TPSA) is 67.4 Å². The first-order valence-corrected chi connectivity index (χ1v) is 7.76. The fourth-order valence-corrected chi connectivity index (χ4v) is 2.08. The third-order valence-corrected chi connectivity index (χ3v) is 3.38. The van der Waals surface area contributed by atoms with Gasteiger partial charge >= 0.3 is 18.3 Å². The fourth-order valence-electron chi connectivity index (χ4n) is 2.08. The minimum Gasteiger partial charge on any atom is -0.428 e. The standard InChI is InChI=1S/C17H10F8N2O3/c18-8-4-3-5-9(19)12(8)13(28)27-15(29)26-10-6-1-2-7-11(10)30-17(24,25)14(20)16(21,22)23/h1-7,14H,(H2,26,27,28,29)/t14-/m1/s1. The van der Waals surface area contributed by atoms with Crippen LogP contribution >= 0.6 is 0 Å². The third kappa shape index (κ3) is 5.36. The Morgan fingerprint density at radius 1 is 0.900 bits per heavy atom. The molecule has 0 spiro atoms. The van der Waals surface area contributed by atoms with E-state index in [0.29, 0.717) is 6.07 Å². The molecule has 0 fully saturated rings. The summed E-state index contributed by atoms with van der Waals surface area (Å²) in [5.74, 6) is -5.21. The van der Waals surface area contributed by atoms with Crippen LogP contribution in [0.15, 0.2) is 42.5 Å². The van der Waals surface area contributed by atoms with Gasteiger partial charge in [-0.1, -0.05) is 18.2 Å². The summed E-state index contributed by atoms with van der Waals surface area (Å²) in [7, 11) is 0. The second-order valence-electron chi connectivity index (χ2n) is 5.57. The number of carbonyl (C=O) groups is 2. The Hall–Kier alpha value is -3.38. The molecule has 0 saturated heterocycles. The molecular formula is C17H10F8N2O3. The molecule has 0 aliphatic heterocycles. The van der Waals surface area contributed by atoms with Gasteiger partial charge in [0.15, 0.2) is 0 Å².